The molecule has 112 valence electrons. The summed E-state index contributed by atoms with van der Waals surface area (Å²) in [7, 11) is 1.92. The number of ether oxygens (including phenoxy) is 2. The second-order valence-electron chi connectivity index (χ2n) is 4.58. The molecular weight excluding hydrogens is 286 g/mol. The number of benzene rings is 2. The Morgan fingerprint density at radius 3 is 2.43 bits per heavy atom. The van der Waals surface area contributed by atoms with E-state index < -0.39 is 0 Å². The fourth-order valence-corrected chi connectivity index (χ4v) is 2.22. The molecule has 0 fully saturated rings. The van der Waals surface area contributed by atoms with Crippen LogP contribution in [0.1, 0.15) is 18.5 Å². The van der Waals surface area contributed by atoms with E-state index in [1.54, 1.807) is 0 Å². The van der Waals surface area contributed by atoms with Crippen molar-refractivity contribution in [2.75, 3.05) is 20.3 Å². The molecule has 0 aliphatic heterocycles. The van der Waals surface area contributed by atoms with Gasteiger partial charge in [-0.05, 0) is 44.3 Å². The van der Waals surface area contributed by atoms with Gasteiger partial charge >= 0.3 is 0 Å². The van der Waals surface area contributed by atoms with Crippen LogP contribution in [0.2, 0.25) is 5.02 Å². The molecule has 1 atom stereocenters. The highest BCUT2D eigenvalue weighted by Gasteiger charge is 2.15. The molecule has 1 unspecified atom stereocenters. The fourth-order valence-electron chi connectivity index (χ4n) is 2.09. The zero-order valence-corrected chi connectivity index (χ0v) is 13.1. The molecule has 0 heterocycles. The summed E-state index contributed by atoms with van der Waals surface area (Å²) in [4.78, 5) is 0. The molecule has 0 aromatic heterocycles. The third-order valence-corrected chi connectivity index (χ3v) is 3.43. The monoisotopic (exact) mass is 305 g/mol. The Kier molecular flexibility index (Phi) is 5.90. The third-order valence-electron chi connectivity index (χ3n) is 3.17. The fraction of sp³-hybridized carbons (Fsp3) is 0.294. The first-order valence-corrected chi connectivity index (χ1v) is 7.39. The standard InChI is InChI=1S/C17H20ClNO2/c1-3-20-17-7-5-4-6-15(17)16(19-2)12-21-14-10-8-13(18)9-11-14/h4-11,16,19H,3,12H2,1-2H3. The first kappa shape index (κ1) is 15.7. The van der Waals surface area contributed by atoms with E-state index in [9.17, 15) is 0 Å². The van der Waals surface area contributed by atoms with Crippen LogP contribution in [0.25, 0.3) is 0 Å². The SMILES string of the molecule is CCOc1ccccc1C(COc1ccc(Cl)cc1)NC. The molecule has 0 spiro atoms. The normalized spacial score (nSPS) is 12.0. The quantitative estimate of drug-likeness (QED) is 0.836. The lowest BCUT2D eigenvalue weighted by molar-refractivity contribution is 0.265. The maximum atomic E-state index is 5.87. The predicted molar refractivity (Wildman–Crippen MR) is 86.4 cm³/mol. The van der Waals surface area contributed by atoms with E-state index in [4.69, 9.17) is 21.1 Å². The van der Waals surface area contributed by atoms with Gasteiger partial charge in [-0.15, -0.1) is 0 Å². The first-order valence-electron chi connectivity index (χ1n) is 7.02. The van der Waals surface area contributed by atoms with Gasteiger partial charge in [-0.3, -0.25) is 0 Å². The average molecular weight is 306 g/mol. The third kappa shape index (κ3) is 4.38. The van der Waals surface area contributed by atoms with Crippen molar-refractivity contribution in [1.29, 1.82) is 0 Å². The van der Waals surface area contributed by atoms with Crippen molar-refractivity contribution in [2.45, 2.75) is 13.0 Å². The van der Waals surface area contributed by atoms with Crippen LogP contribution in [0, 0.1) is 0 Å². The molecule has 2 aromatic carbocycles. The lowest BCUT2D eigenvalue weighted by atomic mass is 10.1. The predicted octanol–water partition coefficient (Wildman–Crippen LogP) is 4.08. The van der Waals surface area contributed by atoms with Gasteiger partial charge in [0.25, 0.3) is 0 Å². The number of hydrogen-bond donors (Lipinski definition) is 1. The molecule has 2 rings (SSSR count). The van der Waals surface area contributed by atoms with Crippen molar-refractivity contribution in [3.63, 3.8) is 0 Å². The second-order valence-corrected chi connectivity index (χ2v) is 5.01. The van der Waals surface area contributed by atoms with E-state index in [2.05, 4.69) is 11.4 Å². The average Bonchev–Trinajstić information content (AvgIpc) is 2.51. The summed E-state index contributed by atoms with van der Waals surface area (Å²) in [6.07, 6.45) is 0. The molecule has 3 nitrogen and oxygen atoms in total. The largest absolute Gasteiger partial charge is 0.494 e. The van der Waals surface area contributed by atoms with Crippen molar-refractivity contribution < 1.29 is 9.47 Å². The van der Waals surface area contributed by atoms with Crippen LogP contribution in [0.15, 0.2) is 48.5 Å². The maximum absolute atomic E-state index is 5.87. The van der Waals surface area contributed by atoms with E-state index >= 15 is 0 Å². The second kappa shape index (κ2) is 7.91. The summed E-state index contributed by atoms with van der Waals surface area (Å²) >= 11 is 5.87. The Morgan fingerprint density at radius 2 is 1.76 bits per heavy atom. The van der Waals surface area contributed by atoms with Crippen LogP contribution in [0.5, 0.6) is 11.5 Å². The maximum Gasteiger partial charge on any atom is 0.124 e. The summed E-state index contributed by atoms with van der Waals surface area (Å²) in [5, 5.41) is 3.97. The molecular formula is C17H20ClNO2. The van der Waals surface area contributed by atoms with E-state index in [1.165, 1.54) is 0 Å². The molecule has 21 heavy (non-hydrogen) atoms. The van der Waals surface area contributed by atoms with Gasteiger partial charge in [0, 0.05) is 10.6 Å². The Balaban J connectivity index is 2.07. The number of nitrogens with one attached hydrogen (secondary N) is 1. The molecule has 2 aromatic rings. The number of likely N-dealkylation sites (N-methyl/N-ethyl adjacent to an activating group) is 1. The van der Waals surface area contributed by atoms with E-state index in [-0.39, 0.29) is 6.04 Å². The van der Waals surface area contributed by atoms with Crippen LogP contribution < -0.4 is 14.8 Å². The van der Waals surface area contributed by atoms with Gasteiger partial charge < -0.3 is 14.8 Å². The van der Waals surface area contributed by atoms with Gasteiger partial charge in [-0.2, -0.15) is 0 Å². The number of hydrogen-bond acceptors (Lipinski definition) is 3. The lowest BCUT2D eigenvalue weighted by Gasteiger charge is -2.20. The number of halogens is 1. The first-order chi connectivity index (χ1) is 10.2. The van der Waals surface area contributed by atoms with Crippen molar-refractivity contribution >= 4 is 11.6 Å². The molecule has 0 aliphatic rings. The minimum atomic E-state index is 0.0587. The number of para-hydroxylation sites is 1. The van der Waals surface area contributed by atoms with E-state index in [0.29, 0.717) is 18.2 Å². The van der Waals surface area contributed by atoms with Gasteiger partial charge in [-0.25, -0.2) is 0 Å². The molecule has 0 saturated heterocycles. The minimum Gasteiger partial charge on any atom is -0.494 e. The van der Waals surface area contributed by atoms with Crippen LogP contribution in [0.3, 0.4) is 0 Å². The highest BCUT2D eigenvalue weighted by Crippen LogP contribution is 2.26. The lowest BCUT2D eigenvalue weighted by Crippen LogP contribution is -2.24. The Labute approximate surface area is 130 Å². The smallest absolute Gasteiger partial charge is 0.124 e. The van der Waals surface area contributed by atoms with Crippen LogP contribution >= 0.6 is 11.6 Å². The summed E-state index contributed by atoms with van der Waals surface area (Å²) in [5.74, 6) is 1.69. The summed E-state index contributed by atoms with van der Waals surface area (Å²) in [6.45, 7) is 3.14. The summed E-state index contributed by atoms with van der Waals surface area (Å²) < 4.78 is 11.5. The molecule has 1 N–H and O–H groups in total. The molecule has 4 heteroatoms. The van der Waals surface area contributed by atoms with Crippen molar-refractivity contribution in [2.24, 2.45) is 0 Å². The molecule has 0 radical (unpaired) electrons. The molecule has 0 aliphatic carbocycles. The van der Waals surface area contributed by atoms with Crippen molar-refractivity contribution in [3.05, 3.63) is 59.1 Å². The Morgan fingerprint density at radius 1 is 1.05 bits per heavy atom. The zero-order chi connectivity index (χ0) is 15.1. The van der Waals surface area contributed by atoms with E-state index in [0.717, 1.165) is 17.1 Å². The van der Waals surface area contributed by atoms with Crippen molar-refractivity contribution in [1.82, 2.24) is 5.32 Å². The van der Waals surface area contributed by atoms with Crippen LogP contribution in [-0.4, -0.2) is 20.3 Å². The highest BCUT2D eigenvalue weighted by molar-refractivity contribution is 6.30. The van der Waals surface area contributed by atoms with Crippen LogP contribution in [0.4, 0.5) is 0 Å². The highest BCUT2D eigenvalue weighted by atomic mass is 35.5. The summed E-state index contributed by atoms with van der Waals surface area (Å²) in [6, 6.07) is 15.4. The molecule has 0 amide bonds. The number of rotatable bonds is 7. The van der Waals surface area contributed by atoms with Crippen molar-refractivity contribution in [3.8, 4) is 11.5 Å². The molecule has 0 saturated carbocycles. The van der Waals surface area contributed by atoms with E-state index in [1.807, 2.05) is 56.4 Å². The Hall–Kier alpha value is -1.71. The van der Waals surface area contributed by atoms with Gasteiger partial charge in [0.05, 0.1) is 12.6 Å². The van der Waals surface area contributed by atoms with Gasteiger partial charge in [-0.1, -0.05) is 29.8 Å². The molecule has 0 bridgehead atoms. The van der Waals surface area contributed by atoms with Gasteiger partial charge in [0.15, 0.2) is 0 Å². The topological polar surface area (TPSA) is 30.5 Å². The summed E-state index contributed by atoms with van der Waals surface area (Å²) in [5.41, 5.74) is 1.09. The zero-order valence-electron chi connectivity index (χ0n) is 12.3. The minimum absolute atomic E-state index is 0.0587. The van der Waals surface area contributed by atoms with Crippen LogP contribution in [-0.2, 0) is 0 Å². The van der Waals surface area contributed by atoms with Gasteiger partial charge in [0.2, 0.25) is 0 Å². The Bertz CT molecular complexity index is 557. The van der Waals surface area contributed by atoms with Gasteiger partial charge in [0.1, 0.15) is 18.1 Å².